The highest BCUT2D eigenvalue weighted by atomic mass is 32.1. The molecule has 7 rings (SSSR count). The molecule has 7 heteroatoms. The van der Waals surface area contributed by atoms with Gasteiger partial charge < -0.3 is 4.74 Å². The van der Waals surface area contributed by atoms with Crippen LogP contribution in [0.3, 0.4) is 0 Å². The molecule has 0 spiro atoms. The molecule has 1 aromatic carbocycles. The molecule has 0 saturated heterocycles. The summed E-state index contributed by atoms with van der Waals surface area (Å²) >= 11 is 1.38. The van der Waals surface area contributed by atoms with Crippen LogP contribution >= 0.6 is 11.3 Å². The van der Waals surface area contributed by atoms with E-state index in [2.05, 4.69) is 4.98 Å². The lowest BCUT2D eigenvalue weighted by Gasteiger charge is -2.55. The van der Waals surface area contributed by atoms with Gasteiger partial charge in [-0.25, -0.2) is 14.8 Å². The minimum absolute atomic E-state index is 0.0542. The largest absolute Gasteiger partial charge is 0.406 e. The SMILES string of the molecule is CC(=O)N(c1nc(/C=C2\N=C(C34CC5CC(CC(C5)C3)C4)OC2=O)cs1)c1cccc(C)c1C. The van der Waals surface area contributed by atoms with Gasteiger partial charge in [-0.1, -0.05) is 12.1 Å². The topological polar surface area (TPSA) is 71.9 Å². The Kier molecular flexibility index (Phi) is 5.03. The predicted octanol–water partition coefficient (Wildman–Crippen LogP) is 5.96. The first-order chi connectivity index (χ1) is 16.3. The Morgan fingerprint density at radius 2 is 1.82 bits per heavy atom. The Balaban J connectivity index is 1.29. The van der Waals surface area contributed by atoms with Crippen LogP contribution < -0.4 is 4.90 Å². The van der Waals surface area contributed by atoms with Crippen molar-refractivity contribution in [1.29, 1.82) is 0 Å². The van der Waals surface area contributed by atoms with Gasteiger partial charge in [0.15, 0.2) is 10.8 Å². The molecule has 1 amide bonds. The second kappa shape index (κ2) is 7.87. The van der Waals surface area contributed by atoms with Crippen LogP contribution in [0.1, 0.15) is 62.3 Å². The van der Waals surface area contributed by atoms with E-state index in [9.17, 15) is 9.59 Å². The quantitative estimate of drug-likeness (QED) is 0.404. The van der Waals surface area contributed by atoms with E-state index in [1.165, 1.54) is 37.5 Å². The Bertz CT molecular complexity index is 1220. The van der Waals surface area contributed by atoms with E-state index >= 15 is 0 Å². The summed E-state index contributed by atoms with van der Waals surface area (Å²) in [6.07, 6.45) is 8.98. The minimum Gasteiger partial charge on any atom is -0.406 e. The first-order valence-electron chi connectivity index (χ1n) is 12.2. The maximum Gasteiger partial charge on any atom is 0.363 e. The molecule has 2 aromatic rings. The summed E-state index contributed by atoms with van der Waals surface area (Å²) < 4.78 is 5.78. The van der Waals surface area contributed by atoms with Crippen molar-refractivity contribution in [1.82, 2.24) is 4.98 Å². The van der Waals surface area contributed by atoms with Gasteiger partial charge in [-0.3, -0.25) is 9.69 Å². The van der Waals surface area contributed by atoms with Gasteiger partial charge in [-0.15, -0.1) is 11.3 Å². The van der Waals surface area contributed by atoms with Crippen LogP contribution in [-0.2, 0) is 14.3 Å². The fourth-order valence-electron chi connectivity index (χ4n) is 6.98. The van der Waals surface area contributed by atoms with E-state index in [1.807, 2.05) is 37.4 Å². The van der Waals surface area contributed by atoms with E-state index in [1.54, 1.807) is 11.0 Å². The molecule has 2 heterocycles. The third-order valence-corrected chi connectivity index (χ3v) is 9.07. The highest BCUT2D eigenvalue weighted by molar-refractivity contribution is 7.14. The Morgan fingerprint density at radius 1 is 1.15 bits per heavy atom. The van der Waals surface area contributed by atoms with Gasteiger partial charge in [-0.2, -0.15) is 0 Å². The van der Waals surface area contributed by atoms with Crippen LogP contribution in [0.5, 0.6) is 0 Å². The van der Waals surface area contributed by atoms with Crippen LogP contribution in [0.2, 0.25) is 0 Å². The third-order valence-electron chi connectivity index (χ3n) is 8.23. The molecule has 4 bridgehead atoms. The summed E-state index contributed by atoms with van der Waals surface area (Å²) in [4.78, 5) is 36.3. The fourth-order valence-corrected chi connectivity index (χ4v) is 7.82. The van der Waals surface area contributed by atoms with Crippen LogP contribution in [0, 0.1) is 37.0 Å². The van der Waals surface area contributed by atoms with Crippen LogP contribution in [0.15, 0.2) is 34.3 Å². The minimum atomic E-state index is -0.391. The van der Waals surface area contributed by atoms with Crippen molar-refractivity contribution in [2.45, 2.75) is 59.3 Å². The van der Waals surface area contributed by atoms with Crippen molar-refractivity contribution < 1.29 is 14.3 Å². The van der Waals surface area contributed by atoms with Crippen molar-refractivity contribution in [2.24, 2.45) is 28.2 Å². The van der Waals surface area contributed by atoms with Gasteiger partial charge in [0.2, 0.25) is 11.8 Å². The Labute approximate surface area is 203 Å². The van der Waals surface area contributed by atoms with Gasteiger partial charge in [0.25, 0.3) is 0 Å². The number of carbonyl (C=O) groups excluding carboxylic acids is 2. The Hall–Kier alpha value is -2.80. The van der Waals surface area contributed by atoms with Gasteiger partial charge in [0.1, 0.15) is 0 Å². The number of rotatable bonds is 4. The number of ether oxygens (including phenoxy) is 1. The van der Waals surface area contributed by atoms with E-state index in [0.29, 0.717) is 22.4 Å². The molecule has 6 nitrogen and oxygen atoms in total. The summed E-state index contributed by atoms with van der Waals surface area (Å²) in [6.45, 7) is 5.57. The smallest absolute Gasteiger partial charge is 0.363 e. The van der Waals surface area contributed by atoms with Gasteiger partial charge in [0.05, 0.1) is 11.4 Å². The summed E-state index contributed by atoms with van der Waals surface area (Å²) in [5, 5.41) is 2.43. The average Bonchev–Trinajstić information content (AvgIpc) is 3.38. The number of carbonyl (C=O) groups is 2. The number of nitrogens with zero attached hydrogens (tertiary/aromatic N) is 3. The normalized spacial score (nSPS) is 30.6. The zero-order valence-electron chi connectivity index (χ0n) is 19.8. The molecule has 34 heavy (non-hydrogen) atoms. The maximum atomic E-state index is 12.7. The molecule has 0 N–H and O–H groups in total. The number of esters is 1. The number of hydrogen-bond donors (Lipinski definition) is 0. The summed E-state index contributed by atoms with van der Waals surface area (Å²) in [6, 6.07) is 5.90. The molecular formula is C27H29N3O3S. The molecule has 4 saturated carbocycles. The number of aromatic nitrogens is 1. The fraction of sp³-hybridized carbons (Fsp3) is 0.481. The molecule has 5 aliphatic rings. The van der Waals surface area contributed by atoms with Crippen molar-refractivity contribution in [3.05, 3.63) is 46.1 Å². The van der Waals surface area contributed by atoms with Gasteiger partial charge in [0, 0.05) is 17.7 Å². The van der Waals surface area contributed by atoms with Crippen molar-refractivity contribution in [3.63, 3.8) is 0 Å². The van der Waals surface area contributed by atoms with Crippen LogP contribution in [-0.4, -0.2) is 22.8 Å². The number of cyclic esters (lactones) is 1. The van der Waals surface area contributed by atoms with E-state index in [-0.39, 0.29) is 11.3 Å². The van der Waals surface area contributed by atoms with Gasteiger partial charge >= 0.3 is 5.97 Å². The zero-order chi connectivity index (χ0) is 23.6. The number of amides is 1. The third kappa shape index (κ3) is 3.52. The number of aryl methyl sites for hydroxylation is 1. The number of anilines is 2. The molecule has 4 aliphatic carbocycles. The molecule has 0 radical (unpaired) electrons. The highest BCUT2D eigenvalue weighted by Crippen LogP contribution is 2.61. The molecule has 1 aliphatic heterocycles. The summed E-state index contributed by atoms with van der Waals surface area (Å²) in [5.41, 5.74) is 3.84. The first-order valence-corrected chi connectivity index (χ1v) is 13.0. The van der Waals surface area contributed by atoms with E-state index < -0.39 is 5.97 Å². The number of hydrogen-bond acceptors (Lipinski definition) is 6. The van der Waals surface area contributed by atoms with Crippen molar-refractivity contribution in [3.8, 4) is 0 Å². The predicted molar refractivity (Wildman–Crippen MR) is 133 cm³/mol. The highest BCUT2D eigenvalue weighted by Gasteiger charge is 2.55. The van der Waals surface area contributed by atoms with E-state index in [4.69, 9.17) is 9.73 Å². The molecule has 1 aromatic heterocycles. The lowest BCUT2D eigenvalue weighted by atomic mass is 9.49. The number of thiazole rings is 1. The molecular weight excluding hydrogens is 446 g/mol. The monoisotopic (exact) mass is 475 g/mol. The van der Waals surface area contributed by atoms with E-state index in [0.717, 1.165) is 53.8 Å². The molecule has 0 atom stereocenters. The zero-order valence-corrected chi connectivity index (χ0v) is 20.7. The Morgan fingerprint density at radius 3 is 2.47 bits per heavy atom. The van der Waals surface area contributed by atoms with Crippen LogP contribution in [0.4, 0.5) is 10.8 Å². The second-order valence-corrected chi connectivity index (χ2v) is 11.5. The maximum absolute atomic E-state index is 12.7. The standard InChI is InChI=1S/C27H29N3O3S/c1-15-5-4-6-23(16(15)2)30(17(3)31)26-28-21(14-34-26)10-22-24(32)33-25(29-22)27-11-18-7-19(12-27)9-20(8-18)13-27/h4-6,10,14,18-20H,7-9,11-13H2,1-3H3/b22-10-. The average molecular weight is 476 g/mol. The molecule has 4 fully saturated rings. The summed E-state index contributed by atoms with van der Waals surface area (Å²) in [7, 11) is 0. The van der Waals surface area contributed by atoms with Crippen molar-refractivity contribution in [2.75, 3.05) is 4.90 Å². The second-order valence-electron chi connectivity index (χ2n) is 10.7. The van der Waals surface area contributed by atoms with Crippen molar-refractivity contribution >= 4 is 46.0 Å². The number of benzene rings is 1. The lowest BCUT2D eigenvalue weighted by Crippen LogP contribution is -2.50. The van der Waals surface area contributed by atoms with Gasteiger partial charge in [-0.05, 0) is 93.4 Å². The number of aliphatic imine (C=N–C) groups is 1. The lowest BCUT2D eigenvalue weighted by molar-refractivity contribution is -0.131. The molecule has 176 valence electrons. The first kappa shape index (κ1) is 21.7. The summed E-state index contributed by atoms with van der Waals surface area (Å²) in [5.74, 6) is 2.40. The molecule has 0 unspecified atom stereocenters. The van der Waals surface area contributed by atoms with Crippen LogP contribution in [0.25, 0.3) is 6.08 Å².